The van der Waals surface area contributed by atoms with Crippen molar-refractivity contribution in [3.8, 4) is 5.69 Å². The van der Waals surface area contributed by atoms with E-state index in [0.29, 0.717) is 0 Å². The van der Waals surface area contributed by atoms with Crippen LogP contribution in [0.25, 0.3) is 27.4 Å². The minimum absolute atomic E-state index is 0.736. The predicted molar refractivity (Wildman–Crippen MR) is 116 cm³/mol. The lowest BCUT2D eigenvalue weighted by Crippen LogP contribution is -2.09. The van der Waals surface area contributed by atoms with Gasteiger partial charge in [0.25, 0.3) is 0 Å². The second-order valence-corrected chi connectivity index (χ2v) is 7.29. The van der Waals surface area contributed by atoms with E-state index in [-0.39, 0.29) is 0 Å². The van der Waals surface area contributed by atoms with Gasteiger partial charge in [0.2, 0.25) is 0 Å². The number of hydrogen-bond acceptors (Lipinski definition) is 1. The van der Waals surface area contributed by atoms with Crippen LogP contribution in [-0.4, -0.2) is 11.1 Å². The van der Waals surface area contributed by atoms with Crippen LogP contribution in [0, 0.1) is 0 Å². The third-order valence-electron chi connectivity index (χ3n) is 4.93. The van der Waals surface area contributed by atoms with E-state index < -0.39 is 0 Å². The van der Waals surface area contributed by atoms with Gasteiger partial charge in [-0.25, -0.2) is 0 Å². The van der Waals surface area contributed by atoms with Crippen molar-refractivity contribution in [3.05, 3.63) is 83.3 Å². The predicted octanol–water partition coefficient (Wildman–Crippen LogP) is 6.53. The maximum absolute atomic E-state index is 6.33. The lowest BCUT2D eigenvalue weighted by atomic mass is 10.1. The molecule has 3 heteroatoms. The number of nitrogens with zero attached hydrogens (tertiary/aromatic N) is 2. The van der Waals surface area contributed by atoms with Gasteiger partial charge in [0, 0.05) is 28.8 Å². The van der Waals surface area contributed by atoms with Crippen molar-refractivity contribution < 1.29 is 0 Å². The van der Waals surface area contributed by atoms with Crippen LogP contribution in [0.4, 0.5) is 0 Å². The molecule has 27 heavy (non-hydrogen) atoms. The highest BCUT2D eigenvalue weighted by molar-refractivity contribution is 6.31. The number of rotatable bonds is 5. The molecule has 4 aromatic rings. The van der Waals surface area contributed by atoms with E-state index >= 15 is 0 Å². The van der Waals surface area contributed by atoms with Crippen molar-refractivity contribution in [1.29, 1.82) is 0 Å². The zero-order chi connectivity index (χ0) is 18.6. The average Bonchev–Trinajstić information content (AvgIpc) is 2.70. The van der Waals surface area contributed by atoms with Gasteiger partial charge in [-0.1, -0.05) is 61.7 Å². The van der Waals surface area contributed by atoms with Crippen molar-refractivity contribution >= 4 is 33.3 Å². The lowest BCUT2D eigenvalue weighted by molar-refractivity contribution is 0.721. The van der Waals surface area contributed by atoms with Crippen LogP contribution in [0.5, 0.6) is 0 Å². The van der Waals surface area contributed by atoms with Crippen LogP contribution in [0.15, 0.2) is 77.9 Å². The molecule has 3 aromatic carbocycles. The Labute approximate surface area is 164 Å². The number of hydrogen-bond donors (Lipinski definition) is 0. The van der Waals surface area contributed by atoms with Crippen LogP contribution in [0.2, 0.25) is 5.02 Å². The molecule has 0 radical (unpaired) electrons. The molecule has 0 aliphatic heterocycles. The summed E-state index contributed by atoms with van der Waals surface area (Å²) in [5.74, 6) is 0. The molecule has 0 aliphatic carbocycles. The highest BCUT2D eigenvalue weighted by Crippen LogP contribution is 2.23. The van der Waals surface area contributed by atoms with E-state index in [4.69, 9.17) is 16.6 Å². The molecular weight excluding hydrogens is 352 g/mol. The normalized spacial score (nSPS) is 12.1. The van der Waals surface area contributed by atoms with E-state index in [1.165, 1.54) is 23.6 Å². The number of fused-ring (bicyclic) bond motifs is 2. The zero-order valence-corrected chi connectivity index (χ0v) is 16.3. The van der Waals surface area contributed by atoms with E-state index in [2.05, 4.69) is 72.3 Å². The van der Waals surface area contributed by atoms with Gasteiger partial charge >= 0.3 is 0 Å². The van der Waals surface area contributed by atoms with E-state index in [0.717, 1.165) is 39.9 Å². The van der Waals surface area contributed by atoms with E-state index in [1.807, 2.05) is 12.1 Å². The van der Waals surface area contributed by atoms with Gasteiger partial charge in [-0.3, -0.25) is 4.99 Å². The van der Waals surface area contributed by atoms with Crippen molar-refractivity contribution in [1.82, 2.24) is 4.57 Å². The Kier molecular flexibility index (Phi) is 5.26. The Morgan fingerprint density at radius 2 is 1.74 bits per heavy atom. The first-order valence-electron chi connectivity index (χ1n) is 9.57. The number of aromatic nitrogens is 1. The van der Waals surface area contributed by atoms with Crippen LogP contribution in [0.1, 0.15) is 26.2 Å². The smallest absolute Gasteiger partial charge is 0.0682 e. The zero-order valence-electron chi connectivity index (χ0n) is 15.5. The Bertz CT molecular complexity index is 1160. The van der Waals surface area contributed by atoms with Crippen molar-refractivity contribution in [2.45, 2.75) is 26.2 Å². The third-order valence-corrected chi connectivity index (χ3v) is 5.17. The molecule has 0 saturated heterocycles. The van der Waals surface area contributed by atoms with Crippen LogP contribution < -0.4 is 5.36 Å². The second-order valence-electron chi connectivity index (χ2n) is 6.85. The van der Waals surface area contributed by atoms with Gasteiger partial charge in [-0.15, -0.1) is 0 Å². The van der Waals surface area contributed by atoms with Crippen molar-refractivity contribution in [3.63, 3.8) is 0 Å². The third kappa shape index (κ3) is 3.77. The fraction of sp³-hybridized carbons (Fsp3) is 0.208. The fourth-order valence-corrected chi connectivity index (χ4v) is 3.65. The minimum Gasteiger partial charge on any atom is -0.316 e. The highest BCUT2D eigenvalue weighted by Gasteiger charge is 2.05. The summed E-state index contributed by atoms with van der Waals surface area (Å²) in [6.07, 6.45) is 5.66. The Balaban J connectivity index is 1.86. The standard InChI is InChI=1S/C24H23ClN2/c1-2-3-6-14-26-23-13-15-27(24-17-20(25)10-12-22(23)24)21-11-9-18-7-4-5-8-19(18)16-21/h4-5,7-13,15-17H,2-3,6,14H2,1H3. The van der Waals surface area contributed by atoms with Gasteiger partial charge in [-0.2, -0.15) is 0 Å². The maximum atomic E-state index is 6.33. The van der Waals surface area contributed by atoms with Gasteiger partial charge in [0.05, 0.1) is 10.9 Å². The summed E-state index contributed by atoms with van der Waals surface area (Å²) in [6.45, 7) is 3.08. The first-order valence-corrected chi connectivity index (χ1v) is 9.94. The SMILES string of the molecule is CCCCCN=c1ccn(-c2ccc3ccccc3c2)c2cc(Cl)ccc12. The molecule has 0 N–H and O–H groups in total. The molecule has 0 unspecified atom stereocenters. The summed E-state index contributed by atoms with van der Waals surface area (Å²) in [6, 6.07) is 23.1. The molecule has 1 aromatic heterocycles. The van der Waals surface area contributed by atoms with E-state index in [9.17, 15) is 0 Å². The molecule has 0 atom stereocenters. The molecule has 0 spiro atoms. The summed E-state index contributed by atoms with van der Waals surface area (Å²) < 4.78 is 2.19. The summed E-state index contributed by atoms with van der Waals surface area (Å²) in [5.41, 5.74) is 2.20. The van der Waals surface area contributed by atoms with Gasteiger partial charge in [0.1, 0.15) is 0 Å². The summed E-state index contributed by atoms with van der Waals surface area (Å²) in [4.78, 5) is 4.83. The van der Waals surface area contributed by atoms with Gasteiger partial charge < -0.3 is 4.57 Å². The Morgan fingerprint density at radius 1 is 0.889 bits per heavy atom. The van der Waals surface area contributed by atoms with Crippen LogP contribution in [0.3, 0.4) is 0 Å². The first kappa shape index (κ1) is 17.8. The monoisotopic (exact) mass is 374 g/mol. The summed E-state index contributed by atoms with van der Waals surface area (Å²) in [5, 5.41) is 5.37. The van der Waals surface area contributed by atoms with E-state index in [1.54, 1.807) is 0 Å². The Morgan fingerprint density at radius 3 is 2.59 bits per heavy atom. The molecule has 2 nitrogen and oxygen atoms in total. The largest absolute Gasteiger partial charge is 0.316 e. The lowest BCUT2D eigenvalue weighted by Gasteiger charge is -2.13. The molecule has 0 aliphatic rings. The minimum atomic E-state index is 0.736. The molecular formula is C24H23ClN2. The number of benzene rings is 3. The molecule has 0 bridgehead atoms. The average molecular weight is 375 g/mol. The van der Waals surface area contributed by atoms with Crippen molar-refractivity contribution in [2.24, 2.45) is 4.99 Å². The van der Waals surface area contributed by atoms with Crippen LogP contribution >= 0.6 is 11.6 Å². The summed E-state index contributed by atoms with van der Waals surface area (Å²) in [7, 11) is 0. The molecule has 0 amide bonds. The number of halogens is 1. The van der Waals surface area contributed by atoms with Gasteiger partial charge in [0.15, 0.2) is 0 Å². The second kappa shape index (κ2) is 7.98. The maximum Gasteiger partial charge on any atom is 0.0682 e. The number of pyridine rings is 1. The quantitative estimate of drug-likeness (QED) is 0.353. The van der Waals surface area contributed by atoms with Crippen LogP contribution in [-0.2, 0) is 0 Å². The molecule has 0 saturated carbocycles. The fourth-order valence-electron chi connectivity index (χ4n) is 3.49. The molecule has 1 heterocycles. The summed E-state index contributed by atoms with van der Waals surface area (Å²) >= 11 is 6.33. The highest BCUT2D eigenvalue weighted by atomic mass is 35.5. The van der Waals surface area contributed by atoms with Gasteiger partial charge in [-0.05, 0) is 53.6 Å². The topological polar surface area (TPSA) is 17.3 Å². The number of unbranched alkanes of at least 4 members (excludes halogenated alkanes) is 2. The Hall–Kier alpha value is -2.58. The first-order chi connectivity index (χ1) is 13.3. The van der Waals surface area contributed by atoms with Crippen molar-refractivity contribution in [2.75, 3.05) is 6.54 Å². The molecule has 136 valence electrons. The molecule has 0 fully saturated rings. The molecule has 4 rings (SSSR count).